The minimum Gasteiger partial charge on any atom is -0.352 e. The Morgan fingerprint density at radius 2 is 1.89 bits per heavy atom. The maximum atomic E-state index is 6.13. The summed E-state index contributed by atoms with van der Waals surface area (Å²) in [4.78, 5) is 0. The topological polar surface area (TPSA) is 18.5 Å². The summed E-state index contributed by atoms with van der Waals surface area (Å²) in [7, 11) is 0. The molecule has 0 aromatic carbocycles. The van der Waals surface area contributed by atoms with Crippen molar-refractivity contribution in [2.24, 2.45) is 29.1 Å². The second kappa shape index (κ2) is 4.79. The Morgan fingerprint density at radius 3 is 2.39 bits per heavy atom. The zero-order chi connectivity index (χ0) is 12.8. The van der Waals surface area contributed by atoms with Crippen molar-refractivity contribution in [3.05, 3.63) is 0 Å². The van der Waals surface area contributed by atoms with Crippen molar-refractivity contribution in [2.45, 2.75) is 59.2 Å². The summed E-state index contributed by atoms with van der Waals surface area (Å²) in [5, 5.41) is 0. The van der Waals surface area contributed by atoms with Gasteiger partial charge in [0.05, 0.1) is 13.2 Å². The first-order valence-corrected chi connectivity index (χ1v) is 7.85. The predicted molar refractivity (Wildman–Crippen MR) is 72.2 cm³/mol. The number of ether oxygens (including phenoxy) is 2. The Balaban J connectivity index is 1.57. The van der Waals surface area contributed by atoms with E-state index in [0.717, 1.165) is 25.0 Å². The molecule has 104 valence electrons. The van der Waals surface area contributed by atoms with Crippen LogP contribution in [0.4, 0.5) is 0 Å². The van der Waals surface area contributed by atoms with Gasteiger partial charge in [-0.2, -0.15) is 0 Å². The van der Waals surface area contributed by atoms with Gasteiger partial charge in [-0.25, -0.2) is 0 Å². The van der Waals surface area contributed by atoms with Crippen molar-refractivity contribution in [2.75, 3.05) is 13.2 Å². The summed E-state index contributed by atoms with van der Waals surface area (Å²) in [5.41, 5.74) is 0.225. The van der Waals surface area contributed by atoms with Crippen molar-refractivity contribution in [1.29, 1.82) is 0 Å². The highest BCUT2D eigenvalue weighted by Gasteiger charge is 2.47. The van der Waals surface area contributed by atoms with E-state index in [1.165, 1.54) is 32.1 Å². The van der Waals surface area contributed by atoms with Crippen LogP contribution in [0.15, 0.2) is 0 Å². The summed E-state index contributed by atoms with van der Waals surface area (Å²) in [6.07, 6.45) is 6.99. The summed E-state index contributed by atoms with van der Waals surface area (Å²) >= 11 is 0. The molecule has 0 N–H and O–H groups in total. The van der Waals surface area contributed by atoms with E-state index in [4.69, 9.17) is 9.47 Å². The van der Waals surface area contributed by atoms with Gasteiger partial charge in [0.25, 0.3) is 0 Å². The van der Waals surface area contributed by atoms with Crippen LogP contribution in [0, 0.1) is 29.1 Å². The lowest BCUT2D eigenvalue weighted by Gasteiger charge is -2.44. The molecule has 0 radical (unpaired) electrons. The quantitative estimate of drug-likeness (QED) is 0.759. The van der Waals surface area contributed by atoms with Crippen molar-refractivity contribution in [1.82, 2.24) is 0 Å². The molecule has 0 amide bonds. The molecule has 1 saturated heterocycles. The molecule has 2 nitrogen and oxygen atoms in total. The molecule has 0 aromatic rings. The van der Waals surface area contributed by atoms with Crippen LogP contribution in [0.25, 0.3) is 0 Å². The Hall–Kier alpha value is -0.0800. The van der Waals surface area contributed by atoms with E-state index in [2.05, 4.69) is 20.8 Å². The van der Waals surface area contributed by atoms with Crippen LogP contribution in [0.5, 0.6) is 0 Å². The molecule has 3 fully saturated rings. The first-order valence-electron chi connectivity index (χ1n) is 7.85. The summed E-state index contributed by atoms with van der Waals surface area (Å²) < 4.78 is 12.3. The van der Waals surface area contributed by atoms with Gasteiger partial charge < -0.3 is 9.47 Å². The molecule has 4 atom stereocenters. The molecule has 0 aromatic heterocycles. The van der Waals surface area contributed by atoms with Crippen molar-refractivity contribution < 1.29 is 9.47 Å². The molecular formula is C16H28O2. The zero-order valence-electron chi connectivity index (χ0n) is 12.2. The molecule has 2 heteroatoms. The SMILES string of the molecule is CCC(C)C1(C)COC(C2CC3CCC2C3)OC1. The second-order valence-corrected chi connectivity index (χ2v) is 7.29. The fourth-order valence-electron chi connectivity index (χ4n) is 4.29. The lowest BCUT2D eigenvalue weighted by molar-refractivity contribution is -0.261. The molecule has 2 bridgehead atoms. The van der Waals surface area contributed by atoms with Crippen LogP contribution >= 0.6 is 0 Å². The molecule has 1 aliphatic heterocycles. The van der Waals surface area contributed by atoms with E-state index in [-0.39, 0.29) is 11.7 Å². The lowest BCUT2D eigenvalue weighted by Crippen LogP contribution is -2.46. The van der Waals surface area contributed by atoms with E-state index in [9.17, 15) is 0 Å². The monoisotopic (exact) mass is 252 g/mol. The molecule has 3 rings (SSSR count). The van der Waals surface area contributed by atoms with Crippen LogP contribution in [0.1, 0.15) is 52.9 Å². The molecule has 18 heavy (non-hydrogen) atoms. The zero-order valence-corrected chi connectivity index (χ0v) is 12.2. The van der Waals surface area contributed by atoms with Crippen LogP contribution in [-0.4, -0.2) is 19.5 Å². The highest BCUT2D eigenvalue weighted by atomic mass is 16.7. The van der Waals surface area contributed by atoms with Gasteiger partial charge in [0.2, 0.25) is 0 Å². The maximum Gasteiger partial charge on any atom is 0.160 e. The third kappa shape index (κ3) is 2.12. The molecule has 2 saturated carbocycles. The Bertz CT molecular complexity index is 293. The van der Waals surface area contributed by atoms with E-state index in [0.29, 0.717) is 11.8 Å². The standard InChI is InChI=1S/C16H28O2/c1-4-11(2)16(3)9-17-15(18-10-16)14-8-12-5-6-13(14)7-12/h11-15H,4-10H2,1-3H3. The molecular weight excluding hydrogens is 224 g/mol. The fraction of sp³-hybridized carbons (Fsp3) is 1.00. The van der Waals surface area contributed by atoms with Gasteiger partial charge >= 0.3 is 0 Å². The first kappa shape index (κ1) is 12.9. The molecule has 2 aliphatic carbocycles. The Morgan fingerprint density at radius 1 is 1.17 bits per heavy atom. The van der Waals surface area contributed by atoms with E-state index in [1.54, 1.807) is 0 Å². The van der Waals surface area contributed by atoms with Gasteiger partial charge in [0.1, 0.15) is 0 Å². The van der Waals surface area contributed by atoms with Gasteiger partial charge in [-0.3, -0.25) is 0 Å². The normalized spacial score (nSPS) is 49.5. The predicted octanol–water partition coefficient (Wildman–Crippen LogP) is 3.85. The molecule has 3 aliphatic rings. The van der Waals surface area contributed by atoms with Crippen LogP contribution in [0.3, 0.4) is 0 Å². The van der Waals surface area contributed by atoms with Gasteiger partial charge in [0, 0.05) is 11.3 Å². The summed E-state index contributed by atoms with van der Waals surface area (Å²) in [6, 6.07) is 0. The van der Waals surface area contributed by atoms with E-state index in [1.807, 2.05) is 0 Å². The minimum atomic E-state index is 0.109. The summed E-state index contributed by atoms with van der Waals surface area (Å²) in [5.74, 6) is 3.26. The lowest BCUT2D eigenvalue weighted by atomic mass is 9.77. The van der Waals surface area contributed by atoms with Gasteiger partial charge in [0.15, 0.2) is 6.29 Å². The van der Waals surface area contributed by atoms with Crippen LogP contribution < -0.4 is 0 Å². The third-order valence-corrected chi connectivity index (χ3v) is 6.10. The smallest absolute Gasteiger partial charge is 0.160 e. The average Bonchev–Trinajstić information content (AvgIpc) is 3.01. The van der Waals surface area contributed by atoms with Crippen molar-refractivity contribution >= 4 is 0 Å². The second-order valence-electron chi connectivity index (χ2n) is 7.29. The number of hydrogen-bond donors (Lipinski definition) is 0. The van der Waals surface area contributed by atoms with Crippen LogP contribution in [-0.2, 0) is 9.47 Å². The third-order valence-electron chi connectivity index (χ3n) is 6.10. The largest absolute Gasteiger partial charge is 0.352 e. The van der Waals surface area contributed by atoms with E-state index >= 15 is 0 Å². The van der Waals surface area contributed by atoms with Gasteiger partial charge in [-0.05, 0) is 37.0 Å². The molecule has 0 spiro atoms. The highest BCUT2D eigenvalue weighted by molar-refractivity contribution is 4.93. The Kier molecular flexibility index (Phi) is 3.44. The van der Waals surface area contributed by atoms with Gasteiger partial charge in [-0.15, -0.1) is 0 Å². The number of hydrogen-bond acceptors (Lipinski definition) is 2. The summed E-state index contributed by atoms with van der Waals surface area (Å²) in [6.45, 7) is 8.68. The van der Waals surface area contributed by atoms with Crippen LogP contribution in [0.2, 0.25) is 0 Å². The average molecular weight is 252 g/mol. The van der Waals surface area contributed by atoms with Gasteiger partial charge in [-0.1, -0.05) is 33.6 Å². The number of rotatable bonds is 3. The minimum absolute atomic E-state index is 0.109. The van der Waals surface area contributed by atoms with Crippen molar-refractivity contribution in [3.63, 3.8) is 0 Å². The first-order chi connectivity index (χ1) is 8.62. The molecule has 1 heterocycles. The highest BCUT2D eigenvalue weighted by Crippen LogP contribution is 2.51. The number of fused-ring (bicyclic) bond motifs is 2. The maximum absolute atomic E-state index is 6.13. The Labute approximate surface area is 111 Å². The molecule has 4 unspecified atom stereocenters. The fourth-order valence-corrected chi connectivity index (χ4v) is 4.29. The van der Waals surface area contributed by atoms with Crippen molar-refractivity contribution in [3.8, 4) is 0 Å². The van der Waals surface area contributed by atoms with E-state index < -0.39 is 0 Å².